The first-order valence-corrected chi connectivity index (χ1v) is 8.64. The number of carbonyl (C=O) groups is 1. The van der Waals surface area contributed by atoms with Crippen LogP contribution in [0.2, 0.25) is 0 Å². The van der Waals surface area contributed by atoms with Crippen molar-refractivity contribution in [3.05, 3.63) is 29.3 Å². The number of morpholine rings is 1. The van der Waals surface area contributed by atoms with Crippen LogP contribution in [-0.4, -0.2) is 41.1 Å². The molecule has 4 nitrogen and oxygen atoms in total. The average molecular weight is 316 g/mol. The first-order valence-electron chi connectivity index (χ1n) is 8.64. The van der Waals surface area contributed by atoms with Gasteiger partial charge in [-0.15, -0.1) is 0 Å². The Morgan fingerprint density at radius 2 is 1.91 bits per heavy atom. The van der Waals surface area contributed by atoms with E-state index in [1.54, 1.807) is 0 Å². The van der Waals surface area contributed by atoms with Crippen LogP contribution in [0.3, 0.4) is 0 Å². The molecule has 3 unspecified atom stereocenters. The molecule has 23 heavy (non-hydrogen) atoms. The summed E-state index contributed by atoms with van der Waals surface area (Å²) in [6.07, 6.45) is 2.23. The highest BCUT2D eigenvalue weighted by Crippen LogP contribution is 2.48. The lowest BCUT2D eigenvalue weighted by Crippen LogP contribution is -2.61. The Labute approximate surface area is 139 Å². The number of hydrogen-bond acceptors (Lipinski definition) is 3. The second-order valence-electron chi connectivity index (χ2n) is 7.28. The highest BCUT2D eigenvalue weighted by Gasteiger charge is 2.55. The van der Waals surface area contributed by atoms with Crippen molar-refractivity contribution in [2.75, 3.05) is 11.9 Å². The van der Waals surface area contributed by atoms with Crippen LogP contribution in [0.5, 0.6) is 0 Å². The summed E-state index contributed by atoms with van der Waals surface area (Å²) >= 11 is 0. The van der Waals surface area contributed by atoms with E-state index in [-0.39, 0.29) is 29.6 Å². The molecule has 2 aliphatic rings. The normalized spacial score (nSPS) is 27.7. The molecule has 126 valence electrons. The predicted molar refractivity (Wildman–Crippen MR) is 92.7 cm³/mol. The Hall–Kier alpha value is -1.39. The highest BCUT2D eigenvalue weighted by molar-refractivity contribution is 5.96. The van der Waals surface area contributed by atoms with Crippen LogP contribution < -0.4 is 5.32 Å². The van der Waals surface area contributed by atoms with Crippen molar-refractivity contribution >= 4 is 11.6 Å². The van der Waals surface area contributed by atoms with E-state index in [0.717, 1.165) is 29.7 Å². The molecule has 2 fully saturated rings. The maximum atomic E-state index is 12.8. The van der Waals surface area contributed by atoms with Gasteiger partial charge in [-0.1, -0.05) is 18.2 Å². The molecule has 1 aliphatic carbocycles. The van der Waals surface area contributed by atoms with Gasteiger partial charge < -0.3 is 10.1 Å². The lowest BCUT2D eigenvalue weighted by atomic mass is 10.0. The number of amides is 1. The van der Waals surface area contributed by atoms with Gasteiger partial charge in [0.05, 0.1) is 18.2 Å². The van der Waals surface area contributed by atoms with Crippen LogP contribution in [-0.2, 0) is 9.53 Å². The molecule has 1 saturated carbocycles. The zero-order valence-electron chi connectivity index (χ0n) is 14.8. The van der Waals surface area contributed by atoms with Gasteiger partial charge in [-0.05, 0) is 58.6 Å². The van der Waals surface area contributed by atoms with E-state index in [0.29, 0.717) is 6.61 Å². The second kappa shape index (κ2) is 5.91. The molecule has 1 N–H and O–H groups in total. The topological polar surface area (TPSA) is 41.6 Å². The molecule has 1 aromatic carbocycles. The van der Waals surface area contributed by atoms with E-state index in [1.807, 2.05) is 39.0 Å². The third-order valence-corrected chi connectivity index (χ3v) is 5.63. The standard InChI is InChI=1S/C19H28N2O2/c1-12-7-6-8-13(2)17(12)20-18(22)15(4)21-14(3)11-23-19(9-10-19)16(21)5/h6-8,14-16H,9-11H2,1-5H3,(H,20,22). The molecule has 1 heterocycles. The quantitative estimate of drug-likeness (QED) is 0.930. The number of aryl methyl sites for hydroxylation is 2. The molecule has 1 saturated heterocycles. The van der Waals surface area contributed by atoms with E-state index >= 15 is 0 Å². The molecule has 3 atom stereocenters. The minimum Gasteiger partial charge on any atom is -0.372 e. The Bertz CT molecular complexity index is 589. The van der Waals surface area contributed by atoms with Gasteiger partial charge >= 0.3 is 0 Å². The summed E-state index contributed by atoms with van der Waals surface area (Å²) in [6, 6.07) is 6.46. The lowest BCUT2D eigenvalue weighted by molar-refractivity contribution is -0.141. The highest BCUT2D eigenvalue weighted by atomic mass is 16.5. The number of para-hydroxylation sites is 1. The van der Waals surface area contributed by atoms with E-state index in [4.69, 9.17) is 4.74 Å². The summed E-state index contributed by atoms with van der Waals surface area (Å²) in [5.41, 5.74) is 3.15. The minimum atomic E-state index is -0.166. The first-order chi connectivity index (χ1) is 10.9. The maximum absolute atomic E-state index is 12.8. The van der Waals surface area contributed by atoms with Crippen molar-refractivity contribution in [1.29, 1.82) is 0 Å². The SMILES string of the molecule is Cc1cccc(C)c1NC(=O)C(C)N1C(C)COC2(CC2)C1C. The molecule has 1 amide bonds. The van der Waals surface area contributed by atoms with Gasteiger partial charge in [0.25, 0.3) is 0 Å². The Morgan fingerprint density at radius 3 is 2.48 bits per heavy atom. The predicted octanol–water partition coefficient (Wildman–Crippen LogP) is 3.27. The Morgan fingerprint density at radius 1 is 1.30 bits per heavy atom. The maximum Gasteiger partial charge on any atom is 0.241 e. The lowest BCUT2D eigenvalue weighted by Gasteiger charge is -2.46. The molecule has 4 heteroatoms. The minimum absolute atomic E-state index is 0.000367. The zero-order valence-corrected chi connectivity index (χ0v) is 14.8. The number of ether oxygens (including phenoxy) is 1. The van der Waals surface area contributed by atoms with Crippen LogP contribution in [0.25, 0.3) is 0 Å². The van der Waals surface area contributed by atoms with Crippen LogP contribution in [0.15, 0.2) is 18.2 Å². The summed E-state index contributed by atoms with van der Waals surface area (Å²) in [5.74, 6) is 0.0683. The molecule has 1 spiro atoms. The number of rotatable bonds is 3. The fourth-order valence-corrected chi connectivity index (χ4v) is 3.92. The monoisotopic (exact) mass is 316 g/mol. The molecule has 0 radical (unpaired) electrons. The second-order valence-corrected chi connectivity index (χ2v) is 7.28. The van der Waals surface area contributed by atoms with Crippen molar-refractivity contribution in [3.8, 4) is 0 Å². The van der Waals surface area contributed by atoms with Crippen molar-refractivity contribution in [2.45, 2.75) is 71.2 Å². The summed E-state index contributed by atoms with van der Waals surface area (Å²) < 4.78 is 6.04. The zero-order chi connectivity index (χ0) is 16.8. The van der Waals surface area contributed by atoms with Gasteiger partial charge in [-0.3, -0.25) is 9.69 Å². The van der Waals surface area contributed by atoms with Crippen LogP contribution >= 0.6 is 0 Å². The van der Waals surface area contributed by atoms with E-state index in [9.17, 15) is 4.79 Å². The number of nitrogens with zero attached hydrogens (tertiary/aromatic N) is 1. The largest absolute Gasteiger partial charge is 0.372 e. The number of nitrogens with one attached hydrogen (secondary N) is 1. The fraction of sp³-hybridized carbons (Fsp3) is 0.632. The molecule has 0 aromatic heterocycles. The van der Waals surface area contributed by atoms with Gasteiger partial charge in [0.2, 0.25) is 5.91 Å². The molecule has 1 aliphatic heterocycles. The Balaban J connectivity index is 1.76. The molecule has 0 bridgehead atoms. The third-order valence-electron chi connectivity index (χ3n) is 5.63. The number of anilines is 1. The number of benzene rings is 1. The number of carbonyl (C=O) groups excluding carboxylic acids is 1. The van der Waals surface area contributed by atoms with Gasteiger partial charge in [0.1, 0.15) is 0 Å². The van der Waals surface area contributed by atoms with E-state index in [2.05, 4.69) is 24.1 Å². The summed E-state index contributed by atoms with van der Waals surface area (Å²) in [4.78, 5) is 15.2. The summed E-state index contributed by atoms with van der Waals surface area (Å²) in [7, 11) is 0. The summed E-state index contributed by atoms with van der Waals surface area (Å²) in [6.45, 7) is 11.1. The van der Waals surface area contributed by atoms with Crippen LogP contribution in [0.1, 0.15) is 44.7 Å². The average Bonchev–Trinajstić information content (AvgIpc) is 3.28. The van der Waals surface area contributed by atoms with Crippen LogP contribution in [0, 0.1) is 13.8 Å². The molecular weight excluding hydrogens is 288 g/mol. The number of hydrogen-bond donors (Lipinski definition) is 1. The van der Waals surface area contributed by atoms with E-state index < -0.39 is 0 Å². The van der Waals surface area contributed by atoms with Crippen molar-refractivity contribution in [3.63, 3.8) is 0 Å². The van der Waals surface area contributed by atoms with Crippen LogP contribution in [0.4, 0.5) is 5.69 Å². The van der Waals surface area contributed by atoms with Crippen molar-refractivity contribution in [1.82, 2.24) is 4.90 Å². The van der Waals surface area contributed by atoms with Gasteiger partial charge in [-0.2, -0.15) is 0 Å². The molecule has 3 rings (SSSR count). The first kappa shape index (κ1) is 16.5. The van der Waals surface area contributed by atoms with Gasteiger partial charge in [0.15, 0.2) is 0 Å². The fourth-order valence-electron chi connectivity index (χ4n) is 3.92. The smallest absolute Gasteiger partial charge is 0.241 e. The molecular formula is C19H28N2O2. The van der Waals surface area contributed by atoms with E-state index in [1.165, 1.54) is 0 Å². The third kappa shape index (κ3) is 2.90. The van der Waals surface area contributed by atoms with Crippen molar-refractivity contribution < 1.29 is 9.53 Å². The molecule has 1 aromatic rings. The van der Waals surface area contributed by atoms with Gasteiger partial charge in [0, 0.05) is 17.8 Å². The van der Waals surface area contributed by atoms with Gasteiger partial charge in [-0.25, -0.2) is 0 Å². The Kier molecular flexibility index (Phi) is 4.23. The van der Waals surface area contributed by atoms with Crippen molar-refractivity contribution in [2.24, 2.45) is 0 Å². The summed E-state index contributed by atoms with van der Waals surface area (Å²) in [5, 5.41) is 3.14.